The van der Waals surface area contributed by atoms with Crippen LogP contribution in [0.2, 0.25) is 0 Å². The second kappa shape index (κ2) is 5.78. The topological polar surface area (TPSA) is 88.1 Å². The van der Waals surface area contributed by atoms with Crippen LogP contribution >= 0.6 is 0 Å². The highest BCUT2D eigenvalue weighted by atomic mass is 16.7. The number of aliphatic carboxylic acids is 1. The third-order valence-electron chi connectivity index (χ3n) is 6.74. The van der Waals surface area contributed by atoms with Crippen molar-refractivity contribution in [3.05, 3.63) is 18.2 Å². The van der Waals surface area contributed by atoms with Crippen LogP contribution in [0.3, 0.4) is 0 Å². The fraction of sp³-hybridized carbons (Fsp3) is 0.600. The normalized spacial score (nSPS) is 29.9. The molecule has 1 saturated heterocycles. The molecule has 0 radical (unpaired) electrons. The molecule has 2 aliphatic carbocycles. The molecule has 2 heterocycles. The van der Waals surface area contributed by atoms with Gasteiger partial charge in [0.25, 0.3) is 5.79 Å². The van der Waals surface area contributed by atoms with Gasteiger partial charge in [-0.3, -0.25) is 4.79 Å². The number of hydrogen-bond donors (Lipinski definition) is 2. The first-order chi connectivity index (χ1) is 13.0. The van der Waals surface area contributed by atoms with Gasteiger partial charge in [0.05, 0.1) is 5.41 Å². The van der Waals surface area contributed by atoms with Crippen LogP contribution in [0.15, 0.2) is 18.2 Å². The summed E-state index contributed by atoms with van der Waals surface area (Å²) < 4.78 is 12.0. The lowest BCUT2D eigenvalue weighted by molar-refractivity contribution is -0.149. The van der Waals surface area contributed by atoms with Gasteiger partial charge in [-0.25, -0.2) is 4.79 Å². The zero-order valence-corrected chi connectivity index (χ0v) is 15.2. The second-order valence-electron chi connectivity index (χ2n) is 8.34. The van der Waals surface area contributed by atoms with E-state index >= 15 is 0 Å². The average molecular weight is 372 g/mol. The Morgan fingerprint density at radius 2 is 1.89 bits per heavy atom. The minimum Gasteiger partial charge on any atom is -0.481 e. The predicted octanol–water partition coefficient (Wildman–Crippen LogP) is 3.45. The Bertz CT molecular complexity index is 804. The van der Waals surface area contributed by atoms with E-state index < -0.39 is 17.2 Å². The van der Waals surface area contributed by atoms with Crippen LogP contribution < -0.4 is 14.8 Å². The number of carbonyl (C=O) groups is 2. The van der Waals surface area contributed by atoms with Crippen molar-refractivity contribution in [1.29, 1.82) is 0 Å². The number of ether oxygens (including phenoxy) is 2. The molecular formula is C20H24N2O5. The highest BCUT2D eigenvalue weighted by molar-refractivity contribution is 5.91. The molecule has 2 amide bonds. The van der Waals surface area contributed by atoms with E-state index in [1.54, 1.807) is 17.0 Å². The van der Waals surface area contributed by atoms with Crippen LogP contribution in [0.5, 0.6) is 11.5 Å². The van der Waals surface area contributed by atoms with Crippen LogP contribution in [0.25, 0.3) is 0 Å². The van der Waals surface area contributed by atoms with Gasteiger partial charge in [0.15, 0.2) is 11.5 Å². The third kappa shape index (κ3) is 2.55. The molecule has 0 unspecified atom stereocenters. The number of carbonyl (C=O) groups excluding carboxylic acids is 1. The minimum absolute atomic E-state index is 0.0553. The van der Waals surface area contributed by atoms with Crippen molar-refractivity contribution in [3.63, 3.8) is 0 Å². The Hall–Kier alpha value is -2.44. The Labute approximate surface area is 157 Å². The number of anilines is 1. The van der Waals surface area contributed by atoms with E-state index in [1.807, 2.05) is 6.07 Å². The molecular weight excluding hydrogens is 348 g/mol. The number of rotatable bonds is 2. The van der Waals surface area contributed by atoms with E-state index in [-0.39, 0.29) is 18.5 Å². The Kier molecular flexibility index (Phi) is 3.58. The zero-order valence-electron chi connectivity index (χ0n) is 15.2. The fourth-order valence-electron chi connectivity index (χ4n) is 5.29. The molecule has 2 saturated carbocycles. The van der Waals surface area contributed by atoms with Crippen molar-refractivity contribution in [3.8, 4) is 11.5 Å². The molecule has 1 spiro atoms. The summed E-state index contributed by atoms with van der Waals surface area (Å²) in [6.07, 6.45) is 6.42. The molecule has 1 aromatic carbocycles. The molecule has 1 aromatic rings. The van der Waals surface area contributed by atoms with Gasteiger partial charge in [-0.2, -0.15) is 0 Å². The van der Waals surface area contributed by atoms with Crippen LogP contribution in [-0.2, 0) is 4.79 Å². The first kappa shape index (κ1) is 16.7. The molecule has 7 nitrogen and oxygen atoms in total. The number of fused-ring (bicyclic) bond motifs is 2. The number of nitrogens with zero attached hydrogens (tertiary/aromatic N) is 1. The van der Waals surface area contributed by atoms with Gasteiger partial charge in [0, 0.05) is 37.7 Å². The number of amides is 2. The van der Waals surface area contributed by atoms with Gasteiger partial charge in [0.2, 0.25) is 0 Å². The Balaban J connectivity index is 1.28. The number of nitrogens with one attached hydrogen (secondary N) is 1. The number of hydrogen-bond acceptors (Lipinski definition) is 4. The summed E-state index contributed by atoms with van der Waals surface area (Å²) in [6.45, 7) is 0.790. The average Bonchev–Trinajstić information content (AvgIpc) is 3.37. The van der Waals surface area contributed by atoms with Gasteiger partial charge in [-0.1, -0.05) is 6.42 Å². The molecule has 5 rings (SSSR count). The number of likely N-dealkylation sites (tertiary alicyclic amines) is 1. The van der Waals surface area contributed by atoms with Gasteiger partial charge in [-0.15, -0.1) is 0 Å². The summed E-state index contributed by atoms with van der Waals surface area (Å²) in [5, 5.41) is 12.6. The van der Waals surface area contributed by atoms with Crippen LogP contribution in [0.1, 0.15) is 44.9 Å². The predicted molar refractivity (Wildman–Crippen MR) is 96.9 cm³/mol. The number of carboxylic acids is 1. The van der Waals surface area contributed by atoms with E-state index in [9.17, 15) is 14.7 Å². The van der Waals surface area contributed by atoms with Crippen molar-refractivity contribution >= 4 is 17.7 Å². The van der Waals surface area contributed by atoms with E-state index in [4.69, 9.17) is 9.47 Å². The number of urea groups is 1. The van der Waals surface area contributed by atoms with E-state index in [0.717, 1.165) is 44.3 Å². The van der Waals surface area contributed by atoms with Gasteiger partial charge >= 0.3 is 12.0 Å². The van der Waals surface area contributed by atoms with Crippen LogP contribution in [0, 0.1) is 11.3 Å². The molecule has 2 atom stereocenters. The first-order valence-electron chi connectivity index (χ1n) is 9.81. The van der Waals surface area contributed by atoms with Gasteiger partial charge < -0.3 is 24.8 Å². The van der Waals surface area contributed by atoms with Crippen molar-refractivity contribution < 1.29 is 24.2 Å². The zero-order chi connectivity index (χ0) is 18.6. The lowest BCUT2D eigenvalue weighted by atomic mass is 9.81. The summed E-state index contributed by atoms with van der Waals surface area (Å²) in [5.41, 5.74) is -0.125. The van der Waals surface area contributed by atoms with Crippen LogP contribution in [-0.4, -0.2) is 40.9 Å². The monoisotopic (exact) mass is 372 g/mol. The summed E-state index contributed by atoms with van der Waals surface area (Å²) in [7, 11) is 0. The minimum atomic E-state index is -0.773. The molecule has 3 fully saturated rings. The fourth-order valence-corrected chi connectivity index (χ4v) is 5.29. The van der Waals surface area contributed by atoms with E-state index in [2.05, 4.69) is 5.32 Å². The molecule has 7 heteroatoms. The second-order valence-corrected chi connectivity index (χ2v) is 8.34. The molecule has 144 valence electrons. The molecule has 2 N–H and O–H groups in total. The Morgan fingerprint density at radius 1 is 1.11 bits per heavy atom. The molecule has 4 aliphatic rings. The quantitative estimate of drug-likeness (QED) is 0.830. The van der Waals surface area contributed by atoms with Crippen molar-refractivity contribution in [1.82, 2.24) is 4.90 Å². The summed E-state index contributed by atoms with van der Waals surface area (Å²) in [5.74, 6) is 0.140. The Morgan fingerprint density at radius 3 is 2.63 bits per heavy atom. The van der Waals surface area contributed by atoms with E-state index in [1.165, 1.54) is 0 Å². The summed E-state index contributed by atoms with van der Waals surface area (Å²) in [4.78, 5) is 26.1. The van der Waals surface area contributed by atoms with Crippen molar-refractivity contribution in [2.45, 2.75) is 50.7 Å². The number of benzene rings is 1. The lowest BCUT2D eigenvalue weighted by Gasteiger charge is -2.23. The summed E-state index contributed by atoms with van der Waals surface area (Å²) in [6, 6.07) is 5.18. The largest absolute Gasteiger partial charge is 0.481 e. The molecule has 2 aliphatic heterocycles. The molecule has 0 bridgehead atoms. The number of carboxylic acid groups (broad SMARTS) is 1. The maximum Gasteiger partial charge on any atom is 0.321 e. The maximum atomic E-state index is 12.7. The highest BCUT2D eigenvalue weighted by Gasteiger charge is 2.55. The standard InChI is InChI=1S/C20H24N2O5/c23-17(24)19-7-3-4-13(19)11-22(12-19)18(25)21-14-5-6-15-16(10-14)27-20(26-15)8-1-2-9-20/h5-6,10,13H,1-4,7-9,11-12H2,(H,21,25)(H,23,24)/t13-,19+/m0/s1. The first-order valence-corrected chi connectivity index (χ1v) is 9.81. The van der Waals surface area contributed by atoms with E-state index in [0.29, 0.717) is 24.4 Å². The highest BCUT2D eigenvalue weighted by Crippen LogP contribution is 2.49. The molecule has 0 aromatic heterocycles. The smallest absolute Gasteiger partial charge is 0.321 e. The maximum absolute atomic E-state index is 12.7. The SMILES string of the molecule is O=C(Nc1ccc2c(c1)OC1(CCCC1)O2)N1C[C@@H]2CCC[C@@]2(C(=O)O)C1. The third-order valence-corrected chi connectivity index (χ3v) is 6.74. The van der Waals surface area contributed by atoms with Crippen molar-refractivity contribution in [2.75, 3.05) is 18.4 Å². The van der Waals surface area contributed by atoms with Gasteiger partial charge in [0.1, 0.15) is 0 Å². The van der Waals surface area contributed by atoms with Crippen molar-refractivity contribution in [2.24, 2.45) is 11.3 Å². The lowest BCUT2D eigenvalue weighted by Crippen LogP contribution is -2.38. The molecule has 27 heavy (non-hydrogen) atoms. The summed E-state index contributed by atoms with van der Waals surface area (Å²) >= 11 is 0. The van der Waals surface area contributed by atoms with Crippen LogP contribution in [0.4, 0.5) is 10.5 Å². The van der Waals surface area contributed by atoms with Gasteiger partial charge in [-0.05, 0) is 43.7 Å².